The van der Waals surface area contributed by atoms with Crippen LogP contribution >= 0.6 is 0 Å². The van der Waals surface area contributed by atoms with E-state index in [1.165, 1.54) is 19.3 Å². The Morgan fingerprint density at radius 1 is 0.875 bits per heavy atom. The first kappa shape index (κ1) is 16.0. The van der Waals surface area contributed by atoms with Crippen LogP contribution in [0.1, 0.15) is 81.6 Å². The number of hydrogen-bond acceptors (Lipinski definition) is 0. The van der Waals surface area contributed by atoms with Crippen LogP contribution in [0, 0.1) is 22.2 Å². The highest BCUT2D eigenvalue weighted by Crippen LogP contribution is 2.54. The lowest BCUT2D eigenvalue weighted by Gasteiger charge is -2.52. The van der Waals surface area contributed by atoms with Gasteiger partial charge < -0.3 is 0 Å². The highest BCUT2D eigenvalue weighted by Gasteiger charge is 2.45. The van der Waals surface area contributed by atoms with E-state index in [4.69, 9.17) is 0 Å². The molecule has 0 fully saturated rings. The van der Waals surface area contributed by atoms with E-state index in [0.29, 0.717) is 16.2 Å². The van der Waals surface area contributed by atoms with Gasteiger partial charge >= 0.3 is 0 Å². The fourth-order valence-electron chi connectivity index (χ4n) is 3.52. The molecule has 0 heterocycles. The zero-order chi connectivity index (χ0) is 13.2. The van der Waals surface area contributed by atoms with Crippen molar-refractivity contribution >= 4 is 0 Å². The monoisotopic (exact) mass is 226 g/mol. The Kier molecular flexibility index (Phi) is 5.10. The molecule has 0 bridgehead atoms. The van der Waals surface area contributed by atoms with Gasteiger partial charge in [0, 0.05) is 0 Å². The van der Waals surface area contributed by atoms with Crippen molar-refractivity contribution in [1.29, 1.82) is 0 Å². The third-order valence-corrected chi connectivity index (χ3v) is 4.53. The van der Waals surface area contributed by atoms with E-state index in [0.717, 1.165) is 5.92 Å². The molecule has 16 heavy (non-hydrogen) atoms. The van der Waals surface area contributed by atoms with Crippen LogP contribution in [-0.2, 0) is 0 Å². The van der Waals surface area contributed by atoms with E-state index in [2.05, 4.69) is 62.3 Å². The van der Waals surface area contributed by atoms with Gasteiger partial charge in [0.15, 0.2) is 0 Å². The molecule has 0 aromatic heterocycles. The second kappa shape index (κ2) is 5.10. The Morgan fingerprint density at radius 2 is 1.31 bits per heavy atom. The molecular formula is C16H34. The van der Waals surface area contributed by atoms with Gasteiger partial charge in [0.1, 0.15) is 0 Å². The highest BCUT2D eigenvalue weighted by molar-refractivity contribution is 4.95. The molecule has 0 nitrogen and oxygen atoms in total. The molecule has 0 spiro atoms. The normalized spacial score (nSPS) is 19.3. The third-order valence-electron chi connectivity index (χ3n) is 4.53. The van der Waals surface area contributed by atoms with E-state index >= 15 is 0 Å². The van der Waals surface area contributed by atoms with Gasteiger partial charge in [0.05, 0.1) is 0 Å². The van der Waals surface area contributed by atoms with Gasteiger partial charge in [-0.25, -0.2) is 0 Å². The van der Waals surface area contributed by atoms with Gasteiger partial charge in [-0.3, -0.25) is 0 Å². The van der Waals surface area contributed by atoms with E-state index in [1.807, 2.05) is 0 Å². The summed E-state index contributed by atoms with van der Waals surface area (Å²) < 4.78 is 0. The van der Waals surface area contributed by atoms with Crippen molar-refractivity contribution in [1.82, 2.24) is 0 Å². The van der Waals surface area contributed by atoms with Crippen LogP contribution in [0.3, 0.4) is 0 Å². The smallest absolute Gasteiger partial charge is 0.0221 e. The predicted molar refractivity (Wildman–Crippen MR) is 75.7 cm³/mol. The van der Waals surface area contributed by atoms with Crippen LogP contribution in [0.2, 0.25) is 0 Å². The molecule has 0 amide bonds. The summed E-state index contributed by atoms with van der Waals surface area (Å²) in [5.74, 6) is 0.803. The Hall–Kier alpha value is 0. The lowest BCUT2D eigenvalue weighted by Crippen LogP contribution is -2.43. The minimum Gasteiger partial charge on any atom is -0.0651 e. The quantitative estimate of drug-likeness (QED) is 0.559. The molecule has 0 saturated heterocycles. The minimum absolute atomic E-state index is 0.393. The van der Waals surface area contributed by atoms with E-state index in [9.17, 15) is 0 Å². The van der Waals surface area contributed by atoms with Gasteiger partial charge in [-0.2, -0.15) is 0 Å². The lowest BCUT2D eigenvalue weighted by atomic mass is 9.53. The summed E-state index contributed by atoms with van der Waals surface area (Å²) >= 11 is 0. The van der Waals surface area contributed by atoms with Crippen LogP contribution in [0.5, 0.6) is 0 Å². The molecule has 0 aliphatic rings. The zero-order valence-corrected chi connectivity index (χ0v) is 13.2. The van der Waals surface area contributed by atoms with Crippen molar-refractivity contribution in [2.24, 2.45) is 22.2 Å². The second-order valence-electron chi connectivity index (χ2n) is 7.81. The van der Waals surface area contributed by atoms with Crippen molar-refractivity contribution in [3.05, 3.63) is 0 Å². The van der Waals surface area contributed by atoms with Crippen molar-refractivity contribution in [2.75, 3.05) is 0 Å². The van der Waals surface area contributed by atoms with Gasteiger partial charge in [-0.15, -0.1) is 0 Å². The molecule has 0 N–H and O–H groups in total. The van der Waals surface area contributed by atoms with Crippen LogP contribution in [0.4, 0.5) is 0 Å². The molecule has 98 valence electrons. The Bertz CT molecular complexity index is 201. The Balaban J connectivity index is 5.30. The molecule has 0 aromatic rings. The fourth-order valence-corrected chi connectivity index (χ4v) is 3.52. The van der Waals surface area contributed by atoms with E-state index in [1.54, 1.807) is 0 Å². The molecule has 2 atom stereocenters. The van der Waals surface area contributed by atoms with Crippen LogP contribution in [0.25, 0.3) is 0 Å². The first-order valence-corrected chi connectivity index (χ1v) is 7.00. The minimum atomic E-state index is 0.393. The van der Waals surface area contributed by atoms with Gasteiger partial charge in [0.25, 0.3) is 0 Å². The molecule has 2 unspecified atom stereocenters. The lowest BCUT2D eigenvalue weighted by molar-refractivity contribution is -0.0233. The molecule has 0 aliphatic carbocycles. The third kappa shape index (κ3) is 3.50. The number of rotatable bonds is 4. The molecule has 0 rings (SSSR count). The predicted octanol–water partition coefficient (Wildman–Crippen LogP) is 5.91. The fraction of sp³-hybridized carbons (Fsp3) is 1.00. The first-order valence-electron chi connectivity index (χ1n) is 7.00. The van der Waals surface area contributed by atoms with Crippen molar-refractivity contribution in [3.8, 4) is 0 Å². The van der Waals surface area contributed by atoms with E-state index in [-0.39, 0.29) is 0 Å². The van der Waals surface area contributed by atoms with Crippen LogP contribution in [-0.4, -0.2) is 0 Å². The molecule has 0 saturated carbocycles. The number of hydrogen-bond donors (Lipinski definition) is 0. The van der Waals surface area contributed by atoms with Crippen molar-refractivity contribution in [2.45, 2.75) is 81.6 Å². The summed E-state index contributed by atoms with van der Waals surface area (Å²) in [6, 6.07) is 0. The molecule has 0 aromatic carbocycles. The van der Waals surface area contributed by atoms with Crippen molar-refractivity contribution in [3.63, 3.8) is 0 Å². The Labute approximate surface area is 104 Å². The van der Waals surface area contributed by atoms with Crippen molar-refractivity contribution < 1.29 is 0 Å². The maximum Gasteiger partial charge on any atom is -0.0221 e. The summed E-state index contributed by atoms with van der Waals surface area (Å²) in [6.07, 6.45) is 3.92. The average Bonchev–Trinajstić information content (AvgIpc) is 2.09. The van der Waals surface area contributed by atoms with Crippen LogP contribution < -0.4 is 0 Å². The zero-order valence-electron chi connectivity index (χ0n) is 13.2. The Morgan fingerprint density at radius 3 is 1.50 bits per heavy atom. The molecule has 0 heteroatoms. The molecule has 0 radical (unpaired) electrons. The summed E-state index contributed by atoms with van der Waals surface area (Å²) in [4.78, 5) is 0. The molecule has 0 aliphatic heterocycles. The largest absolute Gasteiger partial charge is 0.0651 e. The van der Waals surface area contributed by atoms with Gasteiger partial charge in [-0.05, 0) is 35.0 Å². The standard InChI is InChI=1S/C16H34/c1-10-13(3)16(11-2,15(7,8)9)12-14(4,5)6/h13H,10-12H2,1-9H3. The maximum absolute atomic E-state index is 2.44. The average molecular weight is 226 g/mol. The molecular weight excluding hydrogens is 192 g/mol. The van der Waals surface area contributed by atoms with Gasteiger partial charge in [-0.1, -0.05) is 68.7 Å². The highest BCUT2D eigenvalue weighted by atomic mass is 14.5. The SMILES string of the molecule is CCC(C)C(CC)(CC(C)(C)C)C(C)(C)C. The topological polar surface area (TPSA) is 0 Å². The summed E-state index contributed by atoms with van der Waals surface area (Å²) in [6.45, 7) is 21.6. The van der Waals surface area contributed by atoms with Gasteiger partial charge in [0.2, 0.25) is 0 Å². The maximum atomic E-state index is 2.44. The first-order chi connectivity index (χ1) is 7.00. The summed E-state index contributed by atoms with van der Waals surface area (Å²) in [7, 11) is 0. The van der Waals surface area contributed by atoms with E-state index < -0.39 is 0 Å². The summed E-state index contributed by atoms with van der Waals surface area (Å²) in [5, 5.41) is 0. The van der Waals surface area contributed by atoms with Crippen LogP contribution in [0.15, 0.2) is 0 Å². The second-order valence-corrected chi connectivity index (χ2v) is 7.81. The summed E-state index contributed by atoms with van der Waals surface area (Å²) in [5.41, 5.74) is 1.29.